The second-order valence-corrected chi connectivity index (χ2v) is 7.58. The lowest BCUT2D eigenvalue weighted by molar-refractivity contribution is -0.142. The summed E-state index contributed by atoms with van der Waals surface area (Å²) in [5.41, 5.74) is 1.87. The van der Waals surface area contributed by atoms with Gasteiger partial charge in [0.1, 0.15) is 5.75 Å². The van der Waals surface area contributed by atoms with E-state index in [1.54, 1.807) is 68.6 Å². The van der Waals surface area contributed by atoms with Gasteiger partial charge in [-0.1, -0.05) is 12.1 Å². The second-order valence-electron chi connectivity index (χ2n) is 6.57. The van der Waals surface area contributed by atoms with Gasteiger partial charge in [0.25, 0.3) is 5.91 Å². The van der Waals surface area contributed by atoms with E-state index in [4.69, 9.17) is 9.47 Å². The van der Waals surface area contributed by atoms with E-state index < -0.39 is 5.97 Å². The van der Waals surface area contributed by atoms with Gasteiger partial charge >= 0.3 is 11.9 Å². The van der Waals surface area contributed by atoms with Crippen LogP contribution in [0.3, 0.4) is 0 Å². The summed E-state index contributed by atoms with van der Waals surface area (Å²) < 4.78 is 14.8. The van der Waals surface area contributed by atoms with Crippen molar-refractivity contribution >= 4 is 46.5 Å². The molecule has 0 N–H and O–H groups in total. The van der Waals surface area contributed by atoms with Crippen molar-refractivity contribution in [1.29, 1.82) is 0 Å². The van der Waals surface area contributed by atoms with Gasteiger partial charge in [0.05, 0.1) is 29.9 Å². The lowest BCUT2D eigenvalue weighted by Crippen LogP contribution is -2.23. The molecule has 2 aromatic carbocycles. The summed E-state index contributed by atoms with van der Waals surface area (Å²) in [5.74, 6) is -0.493. The van der Waals surface area contributed by atoms with Gasteiger partial charge in [-0.05, 0) is 66.7 Å². The van der Waals surface area contributed by atoms with Crippen LogP contribution in [-0.4, -0.2) is 55.3 Å². The molecule has 0 unspecified atom stereocenters. The van der Waals surface area contributed by atoms with Crippen LogP contribution in [0.25, 0.3) is 6.08 Å². The van der Waals surface area contributed by atoms with Crippen molar-refractivity contribution in [2.75, 3.05) is 27.4 Å². The Labute approximate surface area is 189 Å². The molecule has 0 spiro atoms. The maximum atomic E-state index is 12.6. The minimum Gasteiger partial charge on any atom is -0.482 e. The normalized spacial score (nSPS) is 15.8. The number of amides is 1. The fourth-order valence-corrected chi connectivity index (χ4v) is 3.65. The standard InChI is InChI=1S/C23H22N2O6S/c1-4-30-22(28)16-7-9-17(10-8-16)24-23-25(2)21(27)19(32-23)13-15-5-11-18(12-6-15)31-14-20(26)29-3/h5-13H,4,14H2,1-3H3/b19-13-,24-23?. The highest BCUT2D eigenvalue weighted by Crippen LogP contribution is 2.33. The highest BCUT2D eigenvalue weighted by molar-refractivity contribution is 8.18. The molecule has 0 saturated carbocycles. The zero-order valence-corrected chi connectivity index (χ0v) is 18.7. The highest BCUT2D eigenvalue weighted by Gasteiger charge is 2.30. The number of benzene rings is 2. The third kappa shape index (κ3) is 5.76. The molecular weight excluding hydrogens is 432 g/mol. The topological polar surface area (TPSA) is 94.5 Å². The summed E-state index contributed by atoms with van der Waals surface area (Å²) in [4.78, 5) is 42.1. The van der Waals surface area contributed by atoms with E-state index in [-0.39, 0.29) is 18.5 Å². The number of carbonyl (C=O) groups excluding carboxylic acids is 3. The molecule has 0 aromatic heterocycles. The van der Waals surface area contributed by atoms with Crippen molar-refractivity contribution in [3.63, 3.8) is 0 Å². The number of nitrogens with zero attached hydrogens (tertiary/aromatic N) is 2. The van der Waals surface area contributed by atoms with Crippen molar-refractivity contribution < 1.29 is 28.6 Å². The molecule has 2 aromatic rings. The fraction of sp³-hybridized carbons (Fsp3) is 0.217. The van der Waals surface area contributed by atoms with Crippen LogP contribution in [0, 0.1) is 0 Å². The summed E-state index contributed by atoms with van der Waals surface area (Å²) in [7, 11) is 2.95. The average molecular weight is 455 g/mol. The molecule has 1 aliphatic heterocycles. The number of amidine groups is 1. The number of aliphatic imine (C=N–C) groups is 1. The van der Waals surface area contributed by atoms with Gasteiger partial charge in [-0.3, -0.25) is 9.69 Å². The van der Waals surface area contributed by atoms with E-state index in [1.165, 1.54) is 23.8 Å². The SMILES string of the molecule is CCOC(=O)c1ccc(N=C2S/C(=C\c3ccc(OCC(=O)OC)cc3)C(=O)N2C)cc1. The van der Waals surface area contributed by atoms with Crippen LogP contribution in [0.1, 0.15) is 22.8 Å². The Kier molecular flexibility index (Phi) is 7.67. The summed E-state index contributed by atoms with van der Waals surface area (Å²) in [6, 6.07) is 13.7. The van der Waals surface area contributed by atoms with Crippen molar-refractivity contribution in [1.82, 2.24) is 4.90 Å². The first-order chi connectivity index (χ1) is 15.4. The van der Waals surface area contributed by atoms with Crippen molar-refractivity contribution in [2.45, 2.75) is 6.92 Å². The number of likely N-dealkylation sites (N-methyl/N-ethyl adjacent to an activating group) is 1. The summed E-state index contributed by atoms with van der Waals surface area (Å²) in [5, 5.41) is 0.531. The minimum absolute atomic E-state index is 0.164. The van der Waals surface area contributed by atoms with E-state index >= 15 is 0 Å². The first-order valence-electron chi connectivity index (χ1n) is 9.74. The Bertz CT molecular complexity index is 1060. The maximum Gasteiger partial charge on any atom is 0.343 e. The number of thioether (sulfide) groups is 1. The van der Waals surface area contributed by atoms with Crippen molar-refractivity contribution in [2.24, 2.45) is 4.99 Å². The van der Waals surface area contributed by atoms with E-state index in [9.17, 15) is 14.4 Å². The lowest BCUT2D eigenvalue weighted by atomic mass is 10.2. The van der Waals surface area contributed by atoms with Crippen LogP contribution >= 0.6 is 11.8 Å². The Balaban J connectivity index is 1.70. The number of hydrogen-bond acceptors (Lipinski definition) is 8. The van der Waals surface area contributed by atoms with Crippen LogP contribution in [-0.2, 0) is 19.1 Å². The quantitative estimate of drug-likeness (QED) is 0.466. The molecule has 1 fully saturated rings. The molecule has 1 heterocycles. The van der Waals surface area contributed by atoms with E-state index in [2.05, 4.69) is 9.73 Å². The van der Waals surface area contributed by atoms with Crippen LogP contribution in [0.4, 0.5) is 5.69 Å². The molecule has 166 valence electrons. The number of hydrogen-bond donors (Lipinski definition) is 0. The van der Waals surface area contributed by atoms with Crippen LogP contribution in [0.2, 0.25) is 0 Å². The van der Waals surface area contributed by atoms with Gasteiger partial charge in [0, 0.05) is 7.05 Å². The Hall–Kier alpha value is -3.59. The lowest BCUT2D eigenvalue weighted by Gasteiger charge is -2.07. The smallest absolute Gasteiger partial charge is 0.343 e. The van der Waals surface area contributed by atoms with Gasteiger partial charge < -0.3 is 14.2 Å². The summed E-state index contributed by atoms with van der Waals surface area (Å²) in [6.07, 6.45) is 1.76. The Morgan fingerprint density at radius 1 is 1.09 bits per heavy atom. The average Bonchev–Trinajstić information content (AvgIpc) is 3.06. The second kappa shape index (κ2) is 10.6. The number of ether oxygens (including phenoxy) is 3. The summed E-state index contributed by atoms with van der Waals surface area (Å²) in [6.45, 7) is 1.89. The van der Waals surface area contributed by atoms with E-state index in [1.807, 2.05) is 0 Å². The van der Waals surface area contributed by atoms with Crippen LogP contribution < -0.4 is 4.74 Å². The molecule has 1 aliphatic rings. The van der Waals surface area contributed by atoms with E-state index in [0.717, 1.165) is 5.56 Å². The van der Waals surface area contributed by atoms with Gasteiger partial charge in [-0.25, -0.2) is 14.6 Å². The first kappa shape index (κ1) is 23.1. The predicted octanol–water partition coefficient (Wildman–Crippen LogP) is 3.65. The highest BCUT2D eigenvalue weighted by atomic mass is 32.2. The van der Waals surface area contributed by atoms with E-state index in [0.29, 0.717) is 33.7 Å². The Morgan fingerprint density at radius 3 is 2.41 bits per heavy atom. The molecule has 9 heteroatoms. The van der Waals surface area contributed by atoms with Crippen molar-refractivity contribution in [3.05, 3.63) is 64.6 Å². The Morgan fingerprint density at radius 2 is 1.78 bits per heavy atom. The molecule has 3 rings (SSSR count). The first-order valence-corrected chi connectivity index (χ1v) is 10.6. The fourth-order valence-electron chi connectivity index (χ4n) is 2.66. The molecule has 1 saturated heterocycles. The molecule has 1 amide bonds. The van der Waals surface area contributed by atoms with Crippen molar-refractivity contribution in [3.8, 4) is 5.75 Å². The molecule has 0 bridgehead atoms. The molecule has 0 atom stereocenters. The molecule has 32 heavy (non-hydrogen) atoms. The molecular formula is C23H22N2O6S. The number of rotatable bonds is 7. The third-order valence-electron chi connectivity index (χ3n) is 4.37. The summed E-state index contributed by atoms with van der Waals surface area (Å²) >= 11 is 1.26. The monoisotopic (exact) mass is 454 g/mol. The number of carbonyl (C=O) groups is 3. The van der Waals surface area contributed by atoms with Gasteiger partial charge in [0.15, 0.2) is 11.8 Å². The minimum atomic E-state index is -0.463. The van der Waals surface area contributed by atoms with Crippen LogP contribution in [0.15, 0.2) is 58.4 Å². The zero-order valence-electron chi connectivity index (χ0n) is 17.9. The maximum absolute atomic E-state index is 12.6. The largest absolute Gasteiger partial charge is 0.482 e. The van der Waals surface area contributed by atoms with Gasteiger partial charge in [0.2, 0.25) is 0 Å². The number of methoxy groups -OCH3 is 1. The predicted molar refractivity (Wildman–Crippen MR) is 122 cm³/mol. The number of esters is 2. The van der Waals surface area contributed by atoms with Gasteiger partial charge in [-0.15, -0.1) is 0 Å². The molecule has 0 radical (unpaired) electrons. The third-order valence-corrected chi connectivity index (χ3v) is 5.43. The zero-order chi connectivity index (χ0) is 23.1. The molecule has 0 aliphatic carbocycles. The van der Waals surface area contributed by atoms with Crippen LogP contribution in [0.5, 0.6) is 5.75 Å². The van der Waals surface area contributed by atoms with Gasteiger partial charge in [-0.2, -0.15) is 0 Å². The molecule has 8 nitrogen and oxygen atoms in total.